The summed E-state index contributed by atoms with van der Waals surface area (Å²) in [7, 11) is 0. The van der Waals surface area contributed by atoms with Gasteiger partial charge in [-0.1, -0.05) is 19.9 Å². The normalized spacial score (nSPS) is 11.2. The zero-order chi connectivity index (χ0) is 12.7. The van der Waals surface area contributed by atoms with Gasteiger partial charge in [-0.05, 0) is 32.8 Å². The van der Waals surface area contributed by atoms with Crippen molar-refractivity contribution in [2.45, 2.75) is 59.2 Å². The second kappa shape index (κ2) is 7.28. The molecule has 0 unspecified atom stereocenters. The van der Waals surface area contributed by atoms with E-state index in [9.17, 15) is 0 Å². The fraction of sp³-hybridized carbons (Fsp3) is 0.643. The minimum Gasteiger partial charge on any atom is -0.475 e. The van der Waals surface area contributed by atoms with Crippen molar-refractivity contribution in [1.29, 1.82) is 0 Å². The summed E-state index contributed by atoms with van der Waals surface area (Å²) in [4.78, 5) is 4.29. The fourth-order valence-corrected chi connectivity index (χ4v) is 1.72. The molecule has 1 aromatic heterocycles. The molecule has 1 aromatic rings. The summed E-state index contributed by atoms with van der Waals surface area (Å²) < 4.78 is 5.69. The number of pyridine rings is 1. The maximum Gasteiger partial charge on any atom is 0.218 e. The van der Waals surface area contributed by atoms with Crippen LogP contribution in [0.1, 0.15) is 46.1 Å². The summed E-state index contributed by atoms with van der Waals surface area (Å²) in [6.45, 7) is 9.27. The Labute approximate surface area is 105 Å². The lowest BCUT2D eigenvalue weighted by atomic mass is 10.1. The molecule has 0 aliphatic carbocycles. The van der Waals surface area contributed by atoms with Gasteiger partial charge in [-0.2, -0.15) is 0 Å². The van der Waals surface area contributed by atoms with Crippen LogP contribution in [-0.2, 0) is 6.54 Å². The number of hydrogen-bond acceptors (Lipinski definition) is 3. The van der Waals surface area contributed by atoms with Crippen LogP contribution in [0.25, 0.3) is 0 Å². The van der Waals surface area contributed by atoms with Gasteiger partial charge in [-0.25, -0.2) is 4.98 Å². The molecule has 0 aromatic carbocycles. The van der Waals surface area contributed by atoms with Crippen LogP contribution >= 0.6 is 0 Å². The molecule has 1 N–H and O–H groups in total. The summed E-state index contributed by atoms with van der Waals surface area (Å²) in [5.74, 6) is 0.751. The number of nitrogens with one attached hydrogen (secondary N) is 1. The zero-order valence-corrected chi connectivity index (χ0v) is 11.4. The first kappa shape index (κ1) is 14.0. The summed E-state index contributed by atoms with van der Waals surface area (Å²) in [6.07, 6.45) is 4.24. The van der Waals surface area contributed by atoms with Gasteiger partial charge in [0.1, 0.15) is 0 Å². The van der Waals surface area contributed by atoms with Crippen LogP contribution in [0.15, 0.2) is 18.3 Å². The molecule has 17 heavy (non-hydrogen) atoms. The third-order valence-corrected chi connectivity index (χ3v) is 2.76. The molecule has 0 fully saturated rings. The first-order valence-corrected chi connectivity index (χ1v) is 6.51. The average molecular weight is 236 g/mol. The SMILES string of the molecule is CCC(CC)NCc1cccnc1OC(C)C. The third-order valence-electron chi connectivity index (χ3n) is 2.76. The highest BCUT2D eigenvalue weighted by Crippen LogP contribution is 2.16. The van der Waals surface area contributed by atoms with E-state index in [2.05, 4.69) is 30.2 Å². The molecule has 1 heterocycles. The van der Waals surface area contributed by atoms with Crippen LogP contribution in [0, 0.1) is 0 Å². The van der Waals surface area contributed by atoms with Crippen molar-refractivity contribution in [2.24, 2.45) is 0 Å². The summed E-state index contributed by atoms with van der Waals surface area (Å²) >= 11 is 0. The Morgan fingerprint density at radius 2 is 2.00 bits per heavy atom. The Morgan fingerprint density at radius 3 is 2.59 bits per heavy atom. The number of aromatic nitrogens is 1. The largest absolute Gasteiger partial charge is 0.475 e. The van der Waals surface area contributed by atoms with Gasteiger partial charge in [0, 0.05) is 24.3 Å². The average Bonchev–Trinajstić information content (AvgIpc) is 2.31. The van der Waals surface area contributed by atoms with Crippen molar-refractivity contribution >= 4 is 0 Å². The van der Waals surface area contributed by atoms with Crippen LogP contribution < -0.4 is 10.1 Å². The molecule has 1 rings (SSSR count). The molecule has 0 amide bonds. The quantitative estimate of drug-likeness (QED) is 0.789. The van der Waals surface area contributed by atoms with Crippen LogP contribution in [0.5, 0.6) is 5.88 Å². The first-order chi connectivity index (χ1) is 8.17. The topological polar surface area (TPSA) is 34.2 Å². The molecule has 0 saturated heterocycles. The monoisotopic (exact) mass is 236 g/mol. The third kappa shape index (κ3) is 4.73. The van der Waals surface area contributed by atoms with E-state index in [1.165, 1.54) is 0 Å². The molecule has 3 heteroatoms. The maximum atomic E-state index is 5.69. The van der Waals surface area contributed by atoms with Crippen molar-refractivity contribution in [1.82, 2.24) is 10.3 Å². The Bertz CT molecular complexity index is 322. The number of hydrogen-bond donors (Lipinski definition) is 1. The van der Waals surface area contributed by atoms with Crippen LogP contribution in [0.3, 0.4) is 0 Å². The molecule has 96 valence electrons. The Morgan fingerprint density at radius 1 is 1.29 bits per heavy atom. The number of ether oxygens (including phenoxy) is 1. The maximum absolute atomic E-state index is 5.69. The summed E-state index contributed by atoms with van der Waals surface area (Å²) in [5, 5.41) is 3.53. The molecular formula is C14H24N2O. The lowest BCUT2D eigenvalue weighted by molar-refractivity contribution is 0.229. The van der Waals surface area contributed by atoms with Crippen molar-refractivity contribution in [3.63, 3.8) is 0 Å². The number of nitrogens with zero attached hydrogens (tertiary/aromatic N) is 1. The minimum atomic E-state index is 0.164. The highest BCUT2D eigenvalue weighted by Gasteiger charge is 2.08. The Hall–Kier alpha value is -1.09. The van der Waals surface area contributed by atoms with Crippen molar-refractivity contribution < 1.29 is 4.74 Å². The molecule has 3 nitrogen and oxygen atoms in total. The van der Waals surface area contributed by atoms with Crippen LogP contribution in [-0.4, -0.2) is 17.1 Å². The van der Waals surface area contributed by atoms with Crippen molar-refractivity contribution in [3.8, 4) is 5.88 Å². The predicted octanol–water partition coefficient (Wildman–Crippen LogP) is 3.15. The second-order valence-electron chi connectivity index (χ2n) is 4.53. The van der Waals surface area contributed by atoms with Gasteiger partial charge in [-0.15, -0.1) is 0 Å². The zero-order valence-electron chi connectivity index (χ0n) is 11.4. The van der Waals surface area contributed by atoms with Gasteiger partial charge >= 0.3 is 0 Å². The molecule has 0 radical (unpaired) electrons. The van der Waals surface area contributed by atoms with Crippen molar-refractivity contribution in [2.75, 3.05) is 0 Å². The summed E-state index contributed by atoms with van der Waals surface area (Å²) in [5.41, 5.74) is 1.13. The molecule has 0 aliphatic heterocycles. The van der Waals surface area contributed by atoms with Crippen LogP contribution in [0.2, 0.25) is 0 Å². The summed E-state index contributed by atoms with van der Waals surface area (Å²) in [6, 6.07) is 4.60. The molecule has 0 saturated carbocycles. The molecule has 0 spiro atoms. The lowest BCUT2D eigenvalue weighted by Gasteiger charge is -2.17. The molecule has 0 aliphatic rings. The van der Waals surface area contributed by atoms with Gasteiger partial charge in [0.05, 0.1) is 6.10 Å². The van der Waals surface area contributed by atoms with E-state index in [4.69, 9.17) is 4.74 Å². The fourth-order valence-electron chi connectivity index (χ4n) is 1.72. The Kier molecular flexibility index (Phi) is 5.98. The van der Waals surface area contributed by atoms with Gasteiger partial charge in [0.25, 0.3) is 0 Å². The van der Waals surface area contributed by atoms with E-state index < -0.39 is 0 Å². The smallest absolute Gasteiger partial charge is 0.218 e. The van der Waals surface area contributed by atoms with E-state index in [1.807, 2.05) is 19.9 Å². The lowest BCUT2D eigenvalue weighted by Crippen LogP contribution is -2.27. The van der Waals surface area contributed by atoms with Crippen molar-refractivity contribution in [3.05, 3.63) is 23.9 Å². The highest BCUT2D eigenvalue weighted by atomic mass is 16.5. The van der Waals surface area contributed by atoms with E-state index in [0.717, 1.165) is 30.8 Å². The van der Waals surface area contributed by atoms with Gasteiger partial charge in [0.2, 0.25) is 5.88 Å². The van der Waals surface area contributed by atoms with E-state index in [-0.39, 0.29) is 6.10 Å². The first-order valence-electron chi connectivity index (χ1n) is 6.51. The van der Waals surface area contributed by atoms with E-state index >= 15 is 0 Å². The van der Waals surface area contributed by atoms with Gasteiger partial charge in [0.15, 0.2) is 0 Å². The second-order valence-corrected chi connectivity index (χ2v) is 4.53. The van der Waals surface area contributed by atoms with Crippen LogP contribution in [0.4, 0.5) is 0 Å². The van der Waals surface area contributed by atoms with Gasteiger partial charge < -0.3 is 10.1 Å². The minimum absolute atomic E-state index is 0.164. The highest BCUT2D eigenvalue weighted by molar-refractivity contribution is 5.25. The van der Waals surface area contributed by atoms with Gasteiger partial charge in [-0.3, -0.25) is 0 Å². The Balaban J connectivity index is 2.63. The molecule has 0 bridgehead atoms. The predicted molar refractivity (Wildman–Crippen MR) is 71.2 cm³/mol. The molecular weight excluding hydrogens is 212 g/mol. The van der Waals surface area contributed by atoms with E-state index in [1.54, 1.807) is 6.20 Å². The standard InChI is InChI=1S/C14H24N2O/c1-5-13(6-2)16-10-12-8-7-9-15-14(12)17-11(3)4/h7-9,11,13,16H,5-6,10H2,1-4H3. The van der Waals surface area contributed by atoms with E-state index in [0.29, 0.717) is 6.04 Å². The number of rotatable bonds is 7. The molecule has 0 atom stereocenters.